The van der Waals surface area contributed by atoms with Gasteiger partial charge in [-0.1, -0.05) is 134 Å². The first-order valence-corrected chi connectivity index (χ1v) is 22.1. The molecule has 0 amide bonds. The van der Waals surface area contributed by atoms with Gasteiger partial charge in [-0.05, 0) is 156 Å². The van der Waals surface area contributed by atoms with Gasteiger partial charge in [-0.15, -0.1) is 13.2 Å². The van der Waals surface area contributed by atoms with Crippen LogP contribution in [0.4, 0.5) is 5.69 Å². The van der Waals surface area contributed by atoms with E-state index in [2.05, 4.69) is 194 Å². The van der Waals surface area contributed by atoms with Crippen LogP contribution in [0.5, 0.6) is 0 Å². The van der Waals surface area contributed by atoms with Crippen LogP contribution in [-0.4, -0.2) is 10.9 Å². The second kappa shape index (κ2) is 16.5. The fourth-order valence-electron chi connectivity index (χ4n) is 10.3. The summed E-state index contributed by atoms with van der Waals surface area (Å²) in [6.07, 6.45) is 47.8. The standard InChI is InChI=1S/C55H70N2/c1-11-43(54(6,7)8)23-18-34-56(45-27-25-39-19-13-15-21-41(39)35-45)46-29-31-49-50-32-30-48(38-52(50)55(9,10)51(49)37-46)57(44(12-2)24-17-33-53(3,4)5)47-28-26-40-20-14-16-22-42(40)36-47/h11-12,15-18,21-22,25,27-36,40,43-44,51-52H,1-2,13-14,19-20,23-24,26,37-38H2,3-10H3/b33-17+,34-18+. The second-order valence-electron chi connectivity index (χ2n) is 20.3. The number of anilines is 1. The third-order valence-electron chi connectivity index (χ3n) is 13.8. The van der Waals surface area contributed by atoms with E-state index in [1.165, 1.54) is 63.5 Å². The van der Waals surface area contributed by atoms with Crippen molar-refractivity contribution in [2.24, 2.45) is 39.9 Å². The maximum atomic E-state index is 4.43. The Balaban J connectivity index is 1.22. The van der Waals surface area contributed by atoms with Crippen molar-refractivity contribution in [2.75, 3.05) is 4.90 Å². The Bertz CT molecular complexity index is 2030. The molecule has 5 unspecified atom stereocenters. The first-order valence-electron chi connectivity index (χ1n) is 22.1. The molecule has 5 atom stereocenters. The monoisotopic (exact) mass is 759 g/mol. The second-order valence-corrected chi connectivity index (χ2v) is 20.3. The van der Waals surface area contributed by atoms with E-state index in [0.29, 0.717) is 23.7 Å². The van der Waals surface area contributed by atoms with Gasteiger partial charge < -0.3 is 9.80 Å². The molecule has 0 spiro atoms. The van der Waals surface area contributed by atoms with Gasteiger partial charge in [-0.3, -0.25) is 0 Å². The summed E-state index contributed by atoms with van der Waals surface area (Å²) in [6, 6.07) is 7.29. The Morgan fingerprint density at radius 1 is 0.842 bits per heavy atom. The van der Waals surface area contributed by atoms with Crippen molar-refractivity contribution in [1.82, 2.24) is 4.90 Å². The molecule has 1 saturated carbocycles. The molecule has 1 aromatic rings. The molecule has 0 radical (unpaired) electrons. The molecular formula is C55H70N2. The van der Waals surface area contributed by atoms with E-state index in [-0.39, 0.29) is 22.3 Å². The lowest BCUT2D eigenvalue weighted by atomic mass is 9.70. The zero-order valence-corrected chi connectivity index (χ0v) is 36.5. The summed E-state index contributed by atoms with van der Waals surface area (Å²) in [4.78, 5) is 5.15. The maximum Gasteiger partial charge on any atom is 0.0550 e. The summed E-state index contributed by atoms with van der Waals surface area (Å²) in [5.41, 5.74) is 13.2. The molecule has 7 rings (SSSR count). The lowest BCUT2D eigenvalue weighted by Gasteiger charge is -2.41. The summed E-state index contributed by atoms with van der Waals surface area (Å²) in [5.74, 6) is 1.94. The fraction of sp³-hybridized carbons (Fsp3) is 0.455. The van der Waals surface area contributed by atoms with Crippen LogP contribution >= 0.6 is 0 Å². The maximum absolute atomic E-state index is 4.43. The summed E-state index contributed by atoms with van der Waals surface area (Å²) >= 11 is 0. The van der Waals surface area contributed by atoms with Crippen LogP contribution in [0, 0.1) is 39.9 Å². The van der Waals surface area contributed by atoms with Crippen LogP contribution in [0.2, 0.25) is 0 Å². The van der Waals surface area contributed by atoms with E-state index in [1.807, 2.05) is 0 Å². The van der Waals surface area contributed by atoms with Gasteiger partial charge in [-0.25, -0.2) is 0 Å². The molecule has 2 nitrogen and oxygen atoms in total. The van der Waals surface area contributed by atoms with Crippen LogP contribution in [0.1, 0.15) is 118 Å². The van der Waals surface area contributed by atoms with Gasteiger partial charge in [0.15, 0.2) is 0 Å². The zero-order valence-electron chi connectivity index (χ0n) is 36.5. The predicted molar refractivity (Wildman–Crippen MR) is 247 cm³/mol. The van der Waals surface area contributed by atoms with Gasteiger partial charge >= 0.3 is 0 Å². The molecule has 6 aliphatic rings. The molecule has 0 N–H and O–H groups in total. The molecule has 300 valence electrons. The molecule has 0 bridgehead atoms. The Labute approximate surface area is 347 Å². The molecule has 57 heavy (non-hydrogen) atoms. The van der Waals surface area contributed by atoms with Crippen LogP contribution < -0.4 is 4.90 Å². The van der Waals surface area contributed by atoms with E-state index in [4.69, 9.17) is 0 Å². The highest BCUT2D eigenvalue weighted by Crippen LogP contribution is 2.60. The number of aryl methyl sites for hydroxylation is 1. The first-order chi connectivity index (χ1) is 27.2. The number of hydrogen-bond acceptors (Lipinski definition) is 2. The van der Waals surface area contributed by atoms with E-state index >= 15 is 0 Å². The van der Waals surface area contributed by atoms with Gasteiger partial charge in [-0.2, -0.15) is 0 Å². The molecule has 0 saturated heterocycles. The van der Waals surface area contributed by atoms with Crippen LogP contribution in [0.3, 0.4) is 0 Å². The summed E-state index contributed by atoms with van der Waals surface area (Å²) in [6.45, 7) is 27.5. The number of benzene rings is 1. The molecule has 1 fully saturated rings. The highest BCUT2D eigenvalue weighted by Gasteiger charge is 2.51. The number of allylic oxidation sites excluding steroid dienone is 17. The van der Waals surface area contributed by atoms with Crippen molar-refractivity contribution in [3.05, 3.63) is 168 Å². The van der Waals surface area contributed by atoms with Crippen LogP contribution in [0.25, 0.3) is 6.08 Å². The molecule has 0 aliphatic heterocycles. The Morgan fingerprint density at radius 3 is 2.26 bits per heavy atom. The van der Waals surface area contributed by atoms with Gasteiger partial charge in [0.25, 0.3) is 0 Å². The van der Waals surface area contributed by atoms with Crippen molar-refractivity contribution < 1.29 is 0 Å². The van der Waals surface area contributed by atoms with E-state index < -0.39 is 0 Å². The third kappa shape index (κ3) is 8.77. The minimum atomic E-state index is 0.0862. The topological polar surface area (TPSA) is 6.48 Å². The summed E-state index contributed by atoms with van der Waals surface area (Å²) < 4.78 is 0. The van der Waals surface area contributed by atoms with Crippen molar-refractivity contribution >= 4 is 11.8 Å². The Hall–Kier alpha value is -4.30. The lowest BCUT2D eigenvalue weighted by Crippen LogP contribution is -2.36. The summed E-state index contributed by atoms with van der Waals surface area (Å²) in [7, 11) is 0. The van der Waals surface area contributed by atoms with Gasteiger partial charge in [0, 0.05) is 29.0 Å². The lowest BCUT2D eigenvalue weighted by molar-refractivity contribution is 0.191. The molecule has 2 heteroatoms. The third-order valence-corrected chi connectivity index (χ3v) is 13.8. The average Bonchev–Trinajstić information content (AvgIpc) is 3.41. The van der Waals surface area contributed by atoms with Crippen molar-refractivity contribution in [2.45, 2.75) is 119 Å². The molecule has 0 aromatic heterocycles. The SMILES string of the molecule is C=CC(C/C=C/C(C)(C)C)N(C1=CCC2CCC=CC2=C1)C1=CC=C2C3=CC=C(N(/C=C/CC(C=C)C(C)(C)C)c4ccc5c(c4)C=CCC5)CC3C(C)(C)C2C1. The normalized spacial score (nSPS) is 24.8. The molecule has 0 heterocycles. The van der Waals surface area contributed by atoms with Crippen molar-refractivity contribution in [3.8, 4) is 0 Å². The number of fused-ring (bicyclic) bond motifs is 5. The summed E-state index contributed by atoms with van der Waals surface area (Å²) in [5, 5.41) is 0. The smallest absolute Gasteiger partial charge is 0.0550 e. The molecular weight excluding hydrogens is 689 g/mol. The largest absolute Gasteiger partial charge is 0.338 e. The van der Waals surface area contributed by atoms with Gasteiger partial charge in [0.1, 0.15) is 0 Å². The zero-order chi connectivity index (χ0) is 40.5. The first kappa shape index (κ1) is 40.9. The average molecular weight is 759 g/mol. The Morgan fingerprint density at radius 2 is 1.56 bits per heavy atom. The highest BCUT2D eigenvalue weighted by molar-refractivity contribution is 5.67. The quantitative estimate of drug-likeness (QED) is 0.196. The van der Waals surface area contributed by atoms with Gasteiger partial charge in [0.2, 0.25) is 0 Å². The molecule has 1 aromatic carbocycles. The fourth-order valence-corrected chi connectivity index (χ4v) is 10.3. The number of hydrogen-bond donors (Lipinski definition) is 0. The van der Waals surface area contributed by atoms with Crippen LogP contribution in [0.15, 0.2) is 156 Å². The Kier molecular flexibility index (Phi) is 11.8. The van der Waals surface area contributed by atoms with E-state index in [9.17, 15) is 0 Å². The minimum absolute atomic E-state index is 0.0862. The van der Waals surface area contributed by atoms with Crippen molar-refractivity contribution in [3.63, 3.8) is 0 Å². The van der Waals surface area contributed by atoms with Crippen molar-refractivity contribution in [1.29, 1.82) is 0 Å². The minimum Gasteiger partial charge on any atom is -0.338 e. The van der Waals surface area contributed by atoms with Gasteiger partial charge in [0.05, 0.1) is 6.04 Å². The van der Waals surface area contributed by atoms with E-state index in [0.717, 1.165) is 44.9 Å². The predicted octanol–water partition coefficient (Wildman–Crippen LogP) is 14.9. The highest BCUT2D eigenvalue weighted by atomic mass is 15.2. The molecule has 6 aliphatic carbocycles. The number of nitrogens with zero attached hydrogens (tertiary/aromatic N) is 2. The van der Waals surface area contributed by atoms with Crippen LogP contribution in [-0.2, 0) is 6.42 Å². The number of rotatable bonds is 12. The van der Waals surface area contributed by atoms with E-state index in [1.54, 1.807) is 0 Å².